The molecule has 0 aliphatic carbocycles. The average molecular weight is 863 g/mol. The number of halogens is 7. The molecule has 1 aliphatic heterocycles. The van der Waals surface area contributed by atoms with Crippen molar-refractivity contribution < 1.29 is 49.8 Å². The summed E-state index contributed by atoms with van der Waals surface area (Å²) in [5.74, 6) is -5.45. The molecule has 59 heavy (non-hydrogen) atoms. The molecule has 5 heterocycles. The number of piperazine rings is 1. The molecule has 7 rings (SSSR count). The van der Waals surface area contributed by atoms with Crippen LogP contribution < -0.4 is 14.2 Å². The SMILES string of the molecule is CC(=O)[C@@H](Oc1ncnc2sc(-c3ccc(F)o3)c(-c3ccc(OCCN4CCN(C)CC4)c(Cl)c3C)c12)C(F)(F)c1ccccc1OCc1ccnn1CC(F)(F)F. The van der Waals surface area contributed by atoms with Gasteiger partial charge in [0.25, 0.3) is 6.01 Å². The number of ether oxygens (including phenoxy) is 3. The Bertz CT molecular complexity index is 2450. The zero-order valence-corrected chi connectivity index (χ0v) is 33.4. The third-order valence-electron chi connectivity index (χ3n) is 9.82. The third-order valence-corrected chi connectivity index (χ3v) is 11.4. The Morgan fingerprint density at radius 3 is 2.46 bits per heavy atom. The standard InChI is InChI=1S/C40H37ClF6N6O5S/c1-23-26(8-9-29(34(23)41)55-19-18-52-16-14-51(3)15-17-52)32-33-37(48-22-49-38(33)59-35(32)30-10-11-31(42)57-30)58-36(24(2)54)40(46,47)27-6-4-5-7-28(27)56-20-25-12-13-50-53(25)21-39(43,44)45/h4-13,22,36H,14-21H2,1-3H3/t36-/m1/s1. The van der Waals surface area contributed by atoms with Crippen molar-refractivity contribution in [2.45, 2.75) is 45.2 Å². The van der Waals surface area contributed by atoms with Crippen molar-refractivity contribution in [2.24, 2.45) is 0 Å². The van der Waals surface area contributed by atoms with Crippen LogP contribution in [0.25, 0.3) is 32.0 Å². The van der Waals surface area contributed by atoms with Crippen LogP contribution >= 0.6 is 22.9 Å². The van der Waals surface area contributed by atoms with Crippen molar-refractivity contribution in [3.8, 4) is 39.1 Å². The summed E-state index contributed by atoms with van der Waals surface area (Å²) in [7, 11) is 2.08. The second-order valence-electron chi connectivity index (χ2n) is 13.9. The molecule has 11 nitrogen and oxygen atoms in total. The number of fused-ring (bicyclic) bond motifs is 1. The van der Waals surface area contributed by atoms with E-state index in [0.29, 0.717) is 45.2 Å². The topological polar surface area (TPSA) is 108 Å². The van der Waals surface area contributed by atoms with Gasteiger partial charge in [-0.1, -0.05) is 29.8 Å². The highest BCUT2D eigenvalue weighted by atomic mass is 35.5. The first-order chi connectivity index (χ1) is 28.1. The number of rotatable bonds is 15. The van der Waals surface area contributed by atoms with E-state index < -0.39 is 60.3 Å². The van der Waals surface area contributed by atoms with Crippen LogP contribution in [0.2, 0.25) is 5.02 Å². The average Bonchev–Trinajstić information content (AvgIpc) is 3.93. The van der Waals surface area contributed by atoms with Crippen LogP contribution in [0.1, 0.15) is 23.7 Å². The van der Waals surface area contributed by atoms with Crippen LogP contribution in [0.4, 0.5) is 26.3 Å². The number of hydrogen-bond donors (Lipinski definition) is 0. The third kappa shape index (κ3) is 9.20. The van der Waals surface area contributed by atoms with Gasteiger partial charge in [-0.3, -0.25) is 14.4 Å². The van der Waals surface area contributed by atoms with E-state index in [2.05, 4.69) is 31.9 Å². The predicted molar refractivity (Wildman–Crippen MR) is 208 cm³/mol. The zero-order valence-electron chi connectivity index (χ0n) is 31.9. The van der Waals surface area contributed by atoms with Crippen molar-refractivity contribution in [3.63, 3.8) is 0 Å². The van der Waals surface area contributed by atoms with Crippen molar-refractivity contribution >= 4 is 38.9 Å². The second kappa shape index (κ2) is 17.2. The summed E-state index contributed by atoms with van der Waals surface area (Å²) in [6.07, 6.45) is -4.86. The number of thiophene rings is 1. The summed E-state index contributed by atoms with van der Waals surface area (Å²) in [6, 6.07) is 11.2. The Kier molecular flexibility index (Phi) is 12.2. The van der Waals surface area contributed by atoms with Crippen LogP contribution in [0, 0.1) is 12.9 Å². The fraction of sp³-hybridized carbons (Fsp3) is 0.350. The number of nitrogens with zero attached hydrogens (tertiary/aromatic N) is 6. The van der Waals surface area contributed by atoms with Crippen LogP contribution in [0.15, 0.2) is 71.5 Å². The van der Waals surface area contributed by atoms with Crippen LogP contribution in [-0.4, -0.2) is 94.0 Å². The Labute approximate surface area is 343 Å². The molecule has 1 saturated heterocycles. The minimum Gasteiger partial charge on any atom is -0.491 e. The quantitative estimate of drug-likeness (QED) is 0.0931. The molecule has 0 amide bonds. The summed E-state index contributed by atoms with van der Waals surface area (Å²) in [5, 5.41) is 4.06. The summed E-state index contributed by atoms with van der Waals surface area (Å²) >= 11 is 7.97. The predicted octanol–water partition coefficient (Wildman–Crippen LogP) is 8.81. The Balaban J connectivity index is 1.23. The maximum absolute atomic E-state index is 16.8. The lowest BCUT2D eigenvalue weighted by Crippen LogP contribution is -2.45. The van der Waals surface area contributed by atoms with E-state index in [1.165, 1.54) is 30.3 Å². The van der Waals surface area contributed by atoms with Gasteiger partial charge in [-0.25, -0.2) is 9.97 Å². The highest BCUT2D eigenvalue weighted by Crippen LogP contribution is 2.50. The fourth-order valence-corrected chi connectivity index (χ4v) is 8.07. The summed E-state index contributed by atoms with van der Waals surface area (Å²) < 4.78 is 111. The number of para-hydroxylation sites is 1. The zero-order chi connectivity index (χ0) is 42.1. The molecule has 1 aliphatic rings. The molecule has 0 spiro atoms. The highest BCUT2D eigenvalue weighted by Gasteiger charge is 2.49. The normalized spacial score (nSPS) is 14.8. The summed E-state index contributed by atoms with van der Waals surface area (Å²) in [4.78, 5) is 26.9. The van der Waals surface area contributed by atoms with E-state index in [1.54, 1.807) is 19.1 Å². The van der Waals surface area contributed by atoms with Gasteiger partial charge >= 0.3 is 12.1 Å². The Morgan fingerprint density at radius 2 is 1.75 bits per heavy atom. The number of Topliss-reactive ketones (excluding diaryl/α,β-unsaturated/α-hetero) is 1. The van der Waals surface area contributed by atoms with Crippen LogP contribution in [-0.2, 0) is 23.9 Å². The van der Waals surface area contributed by atoms with Gasteiger partial charge in [-0.05, 0) is 62.4 Å². The molecule has 19 heteroatoms. The van der Waals surface area contributed by atoms with Gasteiger partial charge in [0.05, 0.1) is 26.5 Å². The minimum atomic E-state index is -4.59. The van der Waals surface area contributed by atoms with Crippen LogP contribution in [0.5, 0.6) is 17.4 Å². The summed E-state index contributed by atoms with van der Waals surface area (Å²) in [5.41, 5.74) is 0.538. The van der Waals surface area contributed by atoms with Gasteiger partial charge in [0.15, 0.2) is 5.78 Å². The van der Waals surface area contributed by atoms with E-state index in [4.69, 9.17) is 30.2 Å². The van der Waals surface area contributed by atoms with E-state index in [0.717, 1.165) is 69.1 Å². The van der Waals surface area contributed by atoms with Gasteiger partial charge < -0.3 is 23.5 Å². The Morgan fingerprint density at radius 1 is 0.983 bits per heavy atom. The largest absolute Gasteiger partial charge is 0.491 e. The molecule has 0 bridgehead atoms. The number of furan rings is 1. The maximum atomic E-state index is 16.8. The first kappa shape index (κ1) is 42.0. The van der Waals surface area contributed by atoms with E-state index in [9.17, 15) is 22.4 Å². The number of carbonyl (C=O) groups excluding carboxylic acids is 1. The smallest absolute Gasteiger partial charge is 0.408 e. The number of hydrogen-bond acceptors (Lipinski definition) is 11. The van der Waals surface area contributed by atoms with Gasteiger partial charge in [0.1, 0.15) is 48.2 Å². The maximum Gasteiger partial charge on any atom is 0.408 e. The molecule has 312 valence electrons. The molecule has 1 atom stereocenters. The number of benzene rings is 2. The minimum absolute atomic E-state index is 0.0268. The molecule has 0 unspecified atom stereocenters. The second-order valence-corrected chi connectivity index (χ2v) is 15.3. The molecule has 4 aromatic heterocycles. The first-order valence-corrected chi connectivity index (χ1v) is 19.5. The van der Waals surface area contributed by atoms with E-state index in [1.807, 2.05) is 0 Å². The van der Waals surface area contributed by atoms with Gasteiger partial charge in [-0.2, -0.15) is 31.4 Å². The lowest BCUT2D eigenvalue weighted by molar-refractivity contribution is -0.148. The molecule has 2 aromatic carbocycles. The van der Waals surface area contributed by atoms with Crippen molar-refractivity contribution in [1.29, 1.82) is 0 Å². The van der Waals surface area contributed by atoms with Crippen LogP contribution in [0.3, 0.4) is 0 Å². The number of carbonyl (C=O) groups is 1. The molecule has 0 radical (unpaired) electrons. The van der Waals surface area contributed by atoms with Crippen molar-refractivity contribution in [2.75, 3.05) is 46.4 Å². The monoisotopic (exact) mass is 862 g/mol. The Hall–Kier alpha value is -5.17. The molecule has 0 saturated carbocycles. The van der Waals surface area contributed by atoms with Gasteiger partial charge in [0, 0.05) is 50.6 Å². The van der Waals surface area contributed by atoms with E-state index >= 15 is 8.78 Å². The number of likely N-dealkylation sites (N-methyl/N-ethyl adjacent to an activating group) is 1. The number of ketones is 1. The summed E-state index contributed by atoms with van der Waals surface area (Å²) in [6.45, 7) is 5.52. The van der Waals surface area contributed by atoms with Crippen molar-refractivity contribution in [3.05, 3.63) is 95.0 Å². The number of aromatic nitrogens is 4. The lowest BCUT2D eigenvalue weighted by atomic mass is 9.97. The van der Waals surface area contributed by atoms with Crippen molar-refractivity contribution in [1.82, 2.24) is 29.5 Å². The fourth-order valence-electron chi connectivity index (χ4n) is 6.74. The van der Waals surface area contributed by atoms with E-state index in [-0.39, 0.29) is 26.7 Å². The number of alkyl halides is 5. The molecular weight excluding hydrogens is 826 g/mol. The van der Waals surface area contributed by atoms with Gasteiger partial charge in [-0.15, -0.1) is 11.3 Å². The molecule has 6 aromatic rings. The highest BCUT2D eigenvalue weighted by molar-refractivity contribution is 7.22. The van der Waals surface area contributed by atoms with Gasteiger partial charge in [0.2, 0.25) is 12.0 Å². The first-order valence-electron chi connectivity index (χ1n) is 18.3. The molecular formula is C40H37ClF6N6O5S. The molecule has 1 fully saturated rings. The molecule has 0 N–H and O–H groups in total. The lowest BCUT2D eigenvalue weighted by Gasteiger charge is -2.32.